The van der Waals surface area contributed by atoms with Gasteiger partial charge in [0, 0.05) is 22.7 Å². The summed E-state index contributed by atoms with van der Waals surface area (Å²) >= 11 is 0. The summed E-state index contributed by atoms with van der Waals surface area (Å²) in [6.45, 7) is 8.06. The Hall–Kier alpha value is -1.56. The van der Waals surface area contributed by atoms with Gasteiger partial charge in [0.1, 0.15) is 12.2 Å². The Kier molecular flexibility index (Phi) is 5.37. The monoisotopic (exact) mass is 496 g/mol. The summed E-state index contributed by atoms with van der Waals surface area (Å²) in [5.41, 5.74) is -3.29. The van der Waals surface area contributed by atoms with E-state index in [1.54, 1.807) is 26.8 Å². The lowest BCUT2D eigenvalue weighted by Gasteiger charge is -2.68. The molecule has 13 atom stereocenters. The number of carbonyl (C=O) groups excluding carboxylic acids is 2. The van der Waals surface area contributed by atoms with Crippen molar-refractivity contribution < 1.29 is 49.3 Å². The maximum Gasteiger partial charge on any atom is 0.348 e. The molecule has 0 radical (unpaired) electrons. The number of fused-ring (bicyclic) bond motifs is 1. The van der Waals surface area contributed by atoms with Crippen LogP contribution in [0.25, 0.3) is 0 Å². The molecular formula is C25H36O10. The van der Waals surface area contributed by atoms with Crippen molar-refractivity contribution in [1.82, 2.24) is 0 Å². The number of hydrogen-bond donors (Lipinski definition) is 5. The van der Waals surface area contributed by atoms with Gasteiger partial charge >= 0.3 is 11.9 Å². The highest BCUT2D eigenvalue weighted by atomic mass is 16.7. The Morgan fingerprint density at radius 1 is 1.29 bits per heavy atom. The fraction of sp³-hybridized carbons (Fsp3) is 0.840. The van der Waals surface area contributed by atoms with Crippen molar-refractivity contribution in [3.8, 4) is 0 Å². The molecular weight excluding hydrogens is 460 g/mol. The minimum absolute atomic E-state index is 0.0607. The molecule has 2 saturated heterocycles. The normalized spacial score (nSPS) is 54.1. The Labute approximate surface area is 203 Å². The van der Waals surface area contributed by atoms with Gasteiger partial charge in [0.2, 0.25) is 6.10 Å². The highest BCUT2D eigenvalue weighted by Crippen LogP contribution is 2.74. The number of carbonyl (C=O) groups is 2. The van der Waals surface area contributed by atoms with Crippen LogP contribution in [0.4, 0.5) is 0 Å². The van der Waals surface area contributed by atoms with Crippen LogP contribution in [0.3, 0.4) is 0 Å². The third-order valence-electron chi connectivity index (χ3n) is 10.2. The van der Waals surface area contributed by atoms with Gasteiger partial charge < -0.3 is 39.7 Å². The molecule has 5 N–H and O–H groups in total. The highest BCUT2D eigenvalue weighted by molar-refractivity contribution is 5.84. The number of ether oxygens (including phenoxy) is 3. The Balaban J connectivity index is 1.68. The molecule has 2 saturated carbocycles. The lowest BCUT2D eigenvalue weighted by Crippen LogP contribution is -2.78. The summed E-state index contributed by atoms with van der Waals surface area (Å²) < 4.78 is 17.4. The predicted octanol–water partition coefficient (Wildman–Crippen LogP) is -0.359. The first-order chi connectivity index (χ1) is 16.2. The van der Waals surface area contributed by atoms with E-state index < -0.39 is 82.4 Å². The molecule has 35 heavy (non-hydrogen) atoms. The van der Waals surface area contributed by atoms with Crippen LogP contribution in [-0.2, 0) is 23.8 Å². The zero-order chi connectivity index (χ0) is 25.9. The third-order valence-corrected chi connectivity index (χ3v) is 10.2. The molecule has 196 valence electrons. The van der Waals surface area contributed by atoms with Gasteiger partial charge in [-0.15, -0.1) is 0 Å². The maximum atomic E-state index is 13.3. The molecule has 2 bridgehead atoms. The predicted molar refractivity (Wildman–Crippen MR) is 118 cm³/mol. The van der Waals surface area contributed by atoms with E-state index in [2.05, 4.69) is 0 Å². The molecule has 2 unspecified atom stereocenters. The topological polar surface area (TPSA) is 163 Å². The molecule has 0 aromatic carbocycles. The van der Waals surface area contributed by atoms with Crippen molar-refractivity contribution in [3.63, 3.8) is 0 Å². The lowest BCUT2D eigenvalue weighted by molar-refractivity contribution is -0.345. The molecule has 4 fully saturated rings. The number of aliphatic hydroxyl groups is 5. The average molecular weight is 497 g/mol. The van der Waals surface area contributed by atoms with Crippen molar-refractivity contribution in [2.45, 2.75) is 89.4 Å². The van der Waals surface area contributed by atoms with Crippen LogP contribution >= 0.6 is 0 Å². The number of allylic oxidation sites excluding steroid dienone is 1. The number of hydrogen-bond acceptors (Lipinski definition) is 10. The maximum absolute atomic E-state index is 13.3. The van der Waals surface area contributed by atoms with Crippen LogP contribution < -0.4 is 0 Å². The van der Waals surface area contributed by atoms with E-state index in [1.165, 1.54) is 6.92 Å². The van der Waals surface area contributed by atoms with E-state index in [9.17, 15) is 35.1 Å². The molecule has 10 nitrogen and oxygen atoms in total. The standard InChI is InChI=1S/C25H36O10/c1-6-22(4,31)21(30)35-16-15-11(3)17(27)25(32)20-23(5)12(10(2)7-13(26)18(23)28)8-14(34-19(16)29)24(15,20)9-33-25/h7,11-18,20,26-28,31-32H,6,8-9H2,1-5H3/t11-,12+,13+,14-,15-,16-,17-,18-,20?,22+,23-,24+,25?/m1/s1. The average Bonchev–Trinajstić information content (AvgIpc) is 3.08. The molecule has 10 heteroatoms. The molecule has 0 aromatic rings. The van der Waals surface area contributed by atoms with Crippen molar-refractivity contribution in [1.29, 1.82) is 0 Å². The number of esters is 2. The van der Waals surface area contributed by atoms with Gasteiger partial charge in [-0.25, -0.2) is 9.59 Å². The minimum Gasteiger partial charge on any atom is -0.459 e. The second-order valence-corrected chi connectivity index (χ2v) is 11.8. The Morgan fingerprint density at radius 2 is 1.94 bits per heavy atom. The molecule has 3 aliphatic carbocycles. The quantitative estimate of drug-likeness (QED) is 0.258. The largest absolute Gasteiger partial charge is 0.459 e. The van der Waals surface area contributed by atoms with Crippen molar-refractivity contribution in [2.75, 3.05) is 6.61 Å². The van der Waals surface area contributed by atoms with E-state index in [1.807, 2.05) is 6.92 Å². The summed E-state index contributed by atoms with van der Waals surface area (Å²) in [4.78, 5) is 26.1. The van der Waals surface area contributed by atoms with Gasteiger partial charge in [-0.05, 0) is 38.5 Å². The van der Waals surface area contributed by atoms with Crippen LogP contribution in [0.15, 0.2) is 11.6 Å². The first-order valence-corrected chi connectivity index (χ1v) is 12.4. The smallest absolute Gasteiger partial charge is 0.348 e. The molecule has 1 spiro atoms. The van der Waals surface area contributed by atoms with Gasteiger partial charge in [-0.2, -0.15) is 0 Å². The zero-order valence-corrected chi connectivity index (χ0v) is 20.7. The van der Waals surface area contributed by atoms with Gasteiger partial charge in [0.15, 0.2) is 11.4 Å². The number of rotatable bonds is 3. The lowest BCUT2D eigenvalue weighted by atomic mass is 9.38. The second kappa shape index (κ2) is 7.49. The molecule has 2 heterocycles. The molecule has 0 amide bonds. The summed E-state index contributed by atoms with van der Waals surface area (Å²) in [5.74, 6) is -6.72. The van der Waals surface area contributed by atoms with E-state index >= 15 is 0 Å². The minimum atomic E-state index is -2.08. The van der Waals surface area contributed by atoms with Crippen LogP contribution in [0, 0.1) is 34.5 Å². The third kappa shape index (κ3) is 2.86. The molecule has 2 aliphatic heterocycles. The van der Waals surface area contributed by atoms with Crippen LogP contribution in [0.5, 0.6) is 0 Å². The van der Waals surface area contributed by atoms with Gasteiger partial charge in [-0.3, -0.25) is 0 Å². The van der Waals surface area contributed by atoms with Crippen LogP contribution in [-0.4, -0.2) is 86.0 Å². The van der Waals surface area contributed by atoms with Crippen molar-refractivity contribution >= 4 is 11.9 Å². The number of aliphatic hydroxyl groups excluding tert-OH is 3. The fourth-order valence-electron chi connectivity index (χ4n) is 8.28. The Bertz CT molecular complexity index is 977. The first-order valence-electron chi connectivity index (χ1n) is 12.4. The van der Waals surface area contributed by atoms with Crippen molar-refractivity contribution in [2.24, 2.45) is 34.5 Å². The van der Waals surface area contributed by atoms with Crippen LogP contribution in [0.2, 0.25) is 0 Å². The zero-order valence-electron chi connectivity index (χ0n) is 20.7. The molecule has 0 aromatic heterocycles. The van der Waals surface area contributed by atoms with Gasteiger partial charge in [0.05, 0.1) is 18.8 Å². The molecule has 5 aliphatic rings. The van der Waals surface area contributed by atoms with Crippen molar-refractivity contribution in [3.05, 3.63) is 11.6 Å². The Morgan fingerprint density at radius 3 is 2.57 bits per heavy atom. The summed E-state index contributed by atoms with van der Waals surface area (Å²) in [6.07, 6.45) is -4.18. The summed E-state index contributed by atoms with van der Waals surface area (Å²) in [6, 6.07) is 0. The van der Waals surface area contributed by atoms with Gasteiger partial charge in [0.25, 0.3) is 0 Å². The molecule has 5 rings (SSSR count). The van der Waals surface area contributed by atoms with Gasteiger partial charge in [-0.1, -0.05) is 32.4 Å². The van der Waals surface area contributed by atoms with E-state index in [-0.39, 0.29) is 18.9 Å². The van der Waals surface area contributed by atoms with E-state index in [0.29, 0.717) is 6.42 Å². The van der Waals surface area contributed by atoms with E-state index in [4.69, 9.17) is 14.2 Å². The first kappa shape index (κ1) is 25.1. The fourth-order valence-corrected chi connectivity index (χ4v) is 8.28. The summed E-state index contributed by atoms with van der Waals surface area (Å²) in [5, 5.41) is 55.6. The SMILES string of the molecule is CC[C@](C)(O)C(=O)O[C@H]1C(=O)O[C@@H]2C[C@H]3C(C)=C[C@H](O)[C@@H](O)[C@]3(C)C3C4(O)OC[C@]32[C@@H]1[C@@H](C)[C@H]4O. The second-order valence-electron chi connectivity index (χ2n) is 11.8. The van der Waals surface area contributed by atoms with Crippen LogP contribution in [0.1, 0.15) is 47.5 Å². The van der Waals surface area contributed by atoms with E-state index in [0.717, 1.165) is 5.57 Å². The highest BCUT2D eigenvalue weighted by Gasteiger charge is 2.83. The summed E-state index contributed by atoms with van der Waals surface area (Å²) in [7, 11) is 0.